The molecule has 0 amide bonds. The number of carbonyl (C=O) groups excluding carboxylic acids is 1. The molecule has 1 atom stereocenters. The van der Waals surface area contributed by atoms with Gasteiger partial charge in [-0.1, -0.05) is 25.4 Å². The van der Waals surface area contributed by atoms with Gasteiger partial charge >= 0.3 is 5.97 Å². The number of ketones is 1. The second kappa shape index (κ2) is 9.56. The summed E-state index contributed by atoms with van der Waals surface area (Å²) in [6.07, 6.45) is -0.0742. The zero-order valence-corrected chi connectivity index (χ0v) is 13.8. The second-order valence-corrected chi connectivity index (χ2v) is 5.44. The maximum Gasteiger partial charge on any atom is 0.321 e. The molecule has 0 aliphatic rings. The number of Topliss-reactive ketones (excluding diaryl/α,β-unsaturated/α-hetero) is 1. The van der Waals surface area contributed by atoms with Gasteiger partial charge in [0.15, 0.2) is 5.78 Å². The Kier molecular flexibility index (Phi) is 8.09. The van der Waals surface area contributed by atoms with Crippen molar-refractivity contribution in [3.8, 4) is 0 Å². The quantitative estimate of drug-likeness (QED) is 0.646. The Bertz CT molecular complexity index is 487. The first-order valence-corrected chi connectivity index (χ1v) is 7.83. The monoisotopic (exact) mass is 326 g/mol. The first-order chi connectivity index (χ1) is 10.5. The van der Waals surface area contributed by atoms with Crippen LogP contribution in [0.25, 0.3) is 0 Å². The number of nitrogens with zero attached hydrogens (tertiary/aromatic N) is 1. The Morgan fingerprint density at radius 2 is 1.82 bits per heavy atom. The van der Waals surface area contributed by atoms with Crippen LogP contribution in [0.15, 0.2) is 24.3 Å². The van der Waals surface area contributed by atoms with Crippen molar-refractivity contribution in [3.05, 3.63) is 34.9 Å². The summed E-state index contributed by atoms with van der Waals surface area (Å²) >= 11 is 5.78. The Morgan fingerprint density at radius 1 is 1.23 bits per heavy atom. The Labute approximate surface area is 136 Å². The third kappa shape index (κ3) is 6.13. The molecule has 0 saturated carbocycles. The van der Waals surface area contributed by atoms with Crippen LogP contribution in [0.2, 0.25) is 5.02 Å². The molecule has 22 heavy (non-hydrogen) atoms. The molecule has 5 nitrogen and oxygen atoms in total. The molecule has 1 rings (SSSR count). The minimum atomic E-state index is -1.01. The largest absolute Gasteiger partial charge is 0.480 e. The van der Waals surface area contributed by atoms with Crippen LogP contribution in [0.3, 0.4) is 0 Å². The van der Waals surface area contributed by atoms with Gasteiger partial charge in [-0.25, -0.2) is 0 Å². The van der Waals surface area contributed by atoms with Crippen molar-refractivity contribution in [2.24, 2.45) is 0 Å². The molecule has 0 spiro atoms. The third-order valence-electron chi connectivity index (χ3n) is 3.57. The van der Waals surface area contributed by atoms with Crippen LogP contribution in [0.5, 0.6) is 0 Å². The average Bonchev–Trinajstić information content (AvgIpc) is 2.50. The number of carbonyl (C=O) groups is 2. The van der Waals surface area contributed by atoms with E-state index < -0.39 is 12.0 Å². The molecule has 2 N–H and O–H groups in total. The van der Waals surface area contributed by atoms with Crippen LogP contribution >= 0.6 is 11.6 Å². The van der Waals surface area contributed by atoms with Gasteiger partial charge in [-0.15, -0.1) is 0 Å². The summed E-state index contributed by atoms with van der Waals surface area (Å²) in [5.74, 6) is -1.22. The number of likely N-dealkylation sites (N-methyl/N-ethyl adjacent to an activating group) is 1. The van der Waals surface area contributed by atoms with E-state index >= 15 is 0 Å². The van der Waals surface area contributed by atoms with E-state index in [9.17, 15) is 14.7 Å². The summed E-state index contributed by atoms with van der Waals surface area (Å²) in [4.78, 5) is 25.6. The van der Waals surface area contributed by atoms with Crippen LogP contribution in [0, 0.1) is 0 Å². The van der Waals surface area contributed by atoms with Gasteiger partial charge in [0.1, 0.15) is 6.04 Å². The SMILES string of the molecule is CCN(CC)CCN[C@H](CC(=O)c1ccc(Cl)cc1)C(=O)O. The predicted molar refractivity (Wildman–Crippen MR) is 87.6 cm³/mol. The van der Waals surface area contributed by atoms with Crippen LogP contribution in [0.4, 0.5) is 0 Å². The maximum absolute atomic E-state index is 12.1. The number of carboxylic acid groups (broad SMARTS) is 1. The lowest BCUT2D eigenvalue weighted by Crippen LogP contribution is -2.42. The summed E-state index contributed by atoms with van der Waals surface area (Å²) in [7, 11) is 0. The highest BCUT2D eigenvalue weighted by Crippen LogP contribution is 2.12. The fraction of sp³-hybridized carbons (Fsp3) is 0.500. The molecule has 0 aliphatic carbocycles. The van der Waals surface area contributed by atoms with Crippen molar-refractivity contribution in [3.63, 3.8) is 0 Å². The fourth-order valence-electron chi connectivity index (χ4n) is 2.12. The number of halogens is 1. The summed E-state index contributed by atoms with van der Waals surface area (Å²) in [6, 6.07) is 5.59. The number of benzene rings is 1. The smallest absolute Gasteiger partial charge is 0.321 e. The summed E-state index contributed by atoms with van der Waals surface area (Å²) in [5, 5.41) is 12.7. The molecule has 0 unspecified atom stereocenters. The van der Waals surface area contributed by atoms with E-state index in [4.69, 9.17) is 11.6 Å². The lowest BCUT2D eigenvalue weighted by molar-refractivity contribution is -0.139. The van der Waals surface area contributed by atoms with Crippen molar-refractivity contribution >= 4 is 23.4 Å². The van der Waals surface area contributed by atoms with Gasteiger partial charge < -0.3 is 15.3 Å². The number of hydrogen-bond donors (Lipinski definition) is 2. The summed E-state index contributed by atoms with van der Waals surface area (Å²) in [6.45, 7) is 7.24. The molecule has 6 heteroatoms. The number of nitrogens with one attached hydrogen (secondary N) is 1. The van der Waals surface area contributed by atoms with E-state index in [2.05, 4.69) is 24.1 Å². The van der Waals surface area contributed by atoms with Gasteiger partial charge in [-0.05, 0) is 37.4 Å². The molecule has 0 aromatic heterocycles. The van der Waals surface area contributed by atoms with Crippen LogP contribution in [-0.2, 0) is 4.79 Å². The molecule has 0 heterocycles. The van der Waals surface area contributed by atoms with Gasteiger partial charge in [0.05, 0.1) is 0 Å². The Balaban J connectivity index is 2.55. The average molecular weight is 327 g/mol. The van der Waals surface area contributed by atoms with Crippen molar-refractivity contribution in [1.82, 2.24) is 10.2 Å². The van der Waals surface area contributed by atoms with E-state index in [0.29, 0.717) is 17.1 Å². The lowest BCUT2D eigenvalue weighted by atomic mass is 10.0. The van der Waals surface area contributed by atoms with Gasteiger partial charge in [0.2, 0.25) is 0 Å². The molecule has 122 valence electrons. The van der Waals surface area contributed by atoms with E-state index in [1.165, 1.54) is 0 Å². The standard InChI is InChI=1S/C16H23ClN2O3/c1-3-19(4-2)10-9-18-14(16(21)22)11-15(20)12-5-7-13(17)8-6-12/h5-8,14,18H,3-4,9-11H2,1-2H3,(H,21,22)/t14-/m1/s1. The molecule has 0 aliphatic heterocycles. The zero-order valence-electron chi connectivity index (χ0n) is 13.0. The molecule has 0 radical (unpaired) electrons. The normalized spacial score (nSPS) is 12.4. The van der Waals surface area contributed by atoms with Crippen molar-refractivity contribution < 1.29 is 14.7 Å². The van der Waals surface area contributed by atoms with Gasteiger partial charge in [-0.2, -0.15) is 0 Å². The lowest BCUT2D eigenvalue weighted by Gasteiger charge is -2.20. The van der Waals surface area contributed by atoms with Crippen molar-refractivity contribution in [2.45, 2.75) is 26.3 Å². The first-order valence-electron chi connectivity index (χ1n) is 7.45. The van der Waals surface area contributed by atoms with E-state index in [0.717, 1.165) is 19.6 Å². The van der Waals surface area contributed by atoms with Crippen LogP contribution in [0.1, 0.15) is 30.6 Å². The van der Waals surface area contributed by atoms with Gasteiger partial charge in [0.25, 0.3) is 0 Å². The van der Waals surface area contributed by atoms with E-state index in [1.807, 2.05) is 0 Å². The fourth-order valence-corrected chi connectivity index (χ4v) is 2.25. The van der Waals surface area contributed by atoms with Crippen molar-refractivity contribution in [1.29, 1.82) is 0 Å². The van der Waals surface area contributed by atoms with Gasteiger partial charge in [0, 0.05) is 30.1 Å². The summed E-state index contributed by atoms with van der Waals surface area (Å²) in [5.41, 5.74) is 0.473. The first kappa shape index (κ1) is 18.6. The molecule has 1 aromatic carbocycles. The molecule has 1 aromatic rings. The minimum Gasteiger partial charge on any atom is -0.480 e. The minimum absolute atomic E-state index is 0.0742. The number of hydrogen-bond acceptors (Lipinski definition) is 4. The molecular weight excluding hydrogens is 304 g/mol. The summed E-state index contributed by atoms with van der Waals surface area (Å²) < 4.78 is 0. The Hall–Kier alpha value is -1.43. The number of rotatable bonds is 10. The highest BCUT2D eigenvalue weighted by molar-refractivity contribution is 6.30. The van der Waals surface area contributed by atoms with Crippen molar-refractivity contribution in [2.75, 3.05) is 26.2 Å². The number of aliphatic carboxylic acids is 1. The maximum atomic E-state index is 12.1. The second-order valence-electron chi connectivity index (χ2n) is 5.01. The molecular formula is C16H23ClN2O3. The molecule has 0 bridgehead atoms. The Morgan fingerprint density at radius 3 is 2.32 bits per heavy atom. The van der Waals surface area contributed by atoms with Crippen LogP contribution < -0.4 is 5.32 Å². The van der Waals surface area contributed by atoms with E-state index in [-0.39, 0.29) is 12.2 Å². The predicted octanol–water partition coefficient (Wildman–Crippen LogP) is 2.30. The zero-order chi connectivity index (χ0) is 16.5. The number of carboxylic acids is 1. The highest BCUT2D eigenvalue weighted by atomic mass is 35.5. The molecule has 0 fully saturated rings. The third-order valence-corrected chi connectivity index (χ3v) is 3.82. The topological polar surface area (TPSA) is 69.6 Å². The highest BCUT2D eigenvalue weighted by Gasteiger charge is 2.21. The van der Waals surface area contributed by atoms with E-state index in [1.54, 1.807) is 24.3 Å². The van der Waals surface area contributed by atoms with Gasteiger partial charge in [-0.3, -0.25) is 9.59 Å². The molecule has 0 saturated heterocycles. The van der Waals surface area contributed by atoms with Crippen LogP contribution in [-0.4, -0.2) is 54.0 Å².